The van der Waals surface area contributed by atoms with Crippen LogP contribution in [0.4, 0.5) is 11.4 Å². The summed E-state index contributed by atoms with van der Waals surface area (Å²) in [5, 5.41) is 3.77. The molecule has 0 bridgehead atoms. The van der Waals surface area contributed by atoms with Gasteiger partial charge in [-0.3, -0.25) is 0 Å². The number of hydrogen-bond donors (Lipinski definition) is 1. The van der Waals surface area contributed by atoms with Crippen LogP contribution in [0.15, 0.2) is 12.1 Å². The van der Waals surface area contributed by atoms with Crippen molar-refractivity contribution in [2.45, 2.75) is 51.6 Å². The first kappa shape index (κ1) is 10.9. The van der Waals surface area contributed by atoms with Gasteiger partial charge in [-0.25, -0.2) is 0 Å². The van der Waals surface area contributed by atoms with E-state index in [0.29, 0.717) is 12.1 Å². The smallest absolute Gasteiger partial charge is 0.0632 e. The van der Waals surface area contributed by atoms with Crippen molar-refractivity contribution in [2.75, 3.05) is 17.3 Å². The Morgan fingerprint density at radius 1 is 1.18 bits per heavy atom. The van der Waals surface area contributed by atoms with E-state index < -0.39 is 0 Å². The lowest BCUT2D eigenvalue weighted by Gasteiger charge is -2.46. The van der Waals surface area contributed by atoms with Gasteiger partial charge < -0.3 is 10.2 Å². The molecule has 0 spiro atoms. The van der Waals surface area contributed by atoms with Crippen LogP contribution in [0.5, 0.6) is 0 Å². The topological polar surface area (TPSA) is 15.3 Å². The van der Waals surface area contributed by atoms with Crippen LogP contribution >= 0.6 is 0 Å². The average molecular weight is 230 g/mol. The summed E-state index contributed by atoms with van der Waals surface area (Å²) in [4.78, 5) is 2.52. The van der Waals surface area contributed by atoms with Crippen molar-refractivity contribution < 1.29 is 0 Å². The summed E-state index contributed by atoms with van der Waals surface area (Å²) in [7, 11) is 2.27. The molecule has 2 unspecified atom stereocenters. The Labute approximate surface area is 104 Å². The van der Waals surface area contributed by atoms with Crippen LogP contribution in [0.3, 0.4) is 0 Å². The number of aryl methyl sites for hydroxylation is 2. The van der Waals surface area contributed by atoms with E-state index in [1.807, 2.05) is 0 Å². The lowest BCUT2D eigenvalue weighted by Crippen LogP contribution is -2.51. The molecule has 1 saturated carbocycles. The molecular formula is C15H22N2. The van der Waals surface area contributed by atoms with Crippen molar-refractivity contribution in [3.8, 4) is 0 Å². The summed E-state index contributed by atoms with van der Waals surface area (Å²) in [6.07, 6.45) is 5.41. The number of fused-ring (bicyclic) bond motifs is 2. The molecule has 0 amide bonds. The molecule has 0 aromatic heterocycles. The second kappa shape index (κ2) is 3.94. The number of nitrogens with one attached hydrogen (secondary N) is 1. The van der Waals surface area contributed by atoms with E-state index >= 15 is 0 Å². The number of rotatable bonds is 0. The molecule has 1 aliphatic carbocycles. The zero-order valence-corrected chi connectivity index (χ0v) is 11.1. The van der Waals surface area contributed by atoms with Crippen molar-refractivity contribution in [1.82, 2.24) is 0 Å². The second-order valence-corrected chi connectivity index (χ2v) is 5.69. The van der Waals surface area contributed by atoms with Gasteiger partial charge in [0.15, 0.2) is 0 Å². The van der Waals surface area contributed by atoms with E-state index in [2.05, 4.69) is 43.2 Å². The maximum Gasteiger partial charge on any atom is 0.0632 e. The highest BCUT2D eigenvalue weighted by Crippen LogP contribution is 2.40. The third kappa shape index (κ3) is 1.70. The molecule has 2 aliphatic rings. The highest BCUT2D eigenvalue weighted by molar-refractivity contribution is 5.77. The van der Waals surface area contributed by atoms with Crippen molar-refractivity contribution in [1.29, 1.82) is 0 Å². The van der Waals surface area contributed by atoms with Crippen molar-refractivity contribution >= 4 is 11.4 Å². The molecule has 1 aromatic carbocycles. The van der Waals surface area contributed by atoms with Gasteiger partial charge in [0, 0.05) is 19.1 Å². The Morgan fingerprint density at radius 3 is 2.76 bits per heavy atom. The van der Waals surface area contributed by atoms with E-state index in [0.717, 1.165) is 0 Å². The van der Waals surface area contributed by atoms with Crippen LogP contribution in [0.1, 0.15) is 36.8 Å². The first-order chi connectivity index (χ1) is 8.16. The number of likely N-dealkylation sites (N-methyl/N-ethyl adjacent to an activating group) is 1. The number of nitrogens with zero attached hydrogens (tertiary/aromatic N) is 1. The van der Waals surface area contributed by atoms with Crippen LogP contribution in [0, 0.1) is 13.8 Å². The van der Waals surface area contributed by atoms with Crippen LogP contribution in [-0.4, -0.2) is 19.1 Å². The van der Waals surface area contributed by atoms with Gasteiger partial charge in [-0.2, -0.15) is 0 Å². The van der Waals surface area contributed by atoms with Crippen LogP contribution in [0.2, 0.25) is 0 Å². The molecule has 1 N–H and O–H groups in total. The molecule has 92 valence electrons. The minimum atomic E-state index is 0.655. The fourth-order valence-corrected chi connectivity index (χ4v) is 3.65. The molecule has 2 nitrogen and oxygen atoms in total. The van der Waals surface area contributed by atoms with Gasteiger partial charge in [0.2, 0.25) is 0 Å². The predicted molar refractivity (Wildman–Crippen MR) is 74.0 cm³/mol. The SMILES string of the molecule is Cc1cc(C)c2c(c1)NC1CCCCC1N2C. The molecule has 1 heterocycles. The van der Waals surface area contributed by atoms with Gasteiger partial charge in [-0.15, -0.1) is 0 Å². The minimum Gasteiger partial charge on any atom is -0.379 e. The standard InChI is InChI=1S/C15H22N2/c1-10-8-11(2)15-13(9-10)16-12-6-4-5-7-14(12)17(15)3/h8-9,12,14,16H,4-7H2,1-3H3. The summed E-state index contributed by atoms with van der Waals surface area (Å²) in [6, 6.07) is 5.93. The van der Waals surface area contributed by atoms with E-state index in [-0.39, 0.29) is 0 Å². The maximum absolute atomic E-state index is 3.77. The van der Waals surface area contributed by atoms with Gasteiger partial charge in [-0.05, 0) is 43.9 Å². The average Bonchev–Trinajstić information content (AvgIpc) is 2.28. The molecule has 1 aliphatic heterocycles. The number of benzene rings is 1. The van der Waals surface area contributed by atoms with Gasteiger partial charge in [0.1, 0.15) is 0 Å². The third-order valence-electron chi connectivity index (χ3n) is 4.37. The Hall–Kier alpha value is -1.18. The van der Waals surface area contributed by atoms with E-state index in [4.69, 9.17) is 0 Å². The van der Waals surface area contributed by atoms with Crippen LogP contribution in [-0.2, 0) is 0 Å². The van der Waals surface area contributed by atoms with Crippen LogP contribution < -0.4 is 10.2 Å². The summed E-state index contributed by atoms with van der Waals surface area (Å²) >= 11 is 0. The Kier molecular flexibility index (Phi) is 2.53. The van der Waals surface area contributed by atoms with Gasteiger partial charge >= 0.3 is 0 Å². The summed E-state index contributed by atoms with van der Waals surface area (Å²) in [5.74, 6) is 0. The molecule has 0 radical (unpaired) electrons. The van der Waals surface area contributed by atoms with Crippen molar-refractivity contribution in [3.05, 3.63) is 23.3 Å². The fourth-order valence-electron chi connectivity index (χ4n) is 3.65. The highest BCUT2D eigenvalue weighted by Gasteiger charge is 2.34. The molecule has 1 aromatic rings. The minimum absolute atomic E-state index is 0.655. The Bertz CT molecular complexity index is 439. The number of anilines is 2. The maximum atomic E-state index is 3.77. The lowest BCUT2D eigenvalue weighted by molar-refractivity contribution is 0.384. The van der Waals surface area contributed by atoms with E-state index in [1.54, 1.807) is 0 Å². The summed E-state index contributed by atoms with van der Waals surface area (Å²) in [6.45, 7) is 4.41. The van der Waals surface area contributed by atoms with Gasteiger partial charge in [0.05, 0.1) is 11.4 Å². The molecular weight excluding hydrogens is 208 g/mol. The lowest BCUT2D eigenvalue weighted by atomic mass is 9.86. The monoisotopic (exact) mass is 230 g/mol. The summed E-state index contributed by atoms with van der Waals surface area (Å²) < 4.78 is 0. The molecule has 1 fully saturated rings. The second-order valence-electron chi connectivity index (χ2n) is 5.69. The normalized spacial score (nSPS) is 27.1. The molecule has 3 rings (SSSR count). The van der Waals surface area contributed by atoms with Crippen molar-refractivity contribution in [2.24, 2.45) is 0 Å². The quantitative estimate of drug-likeness (QED) is 0.734. The highest BCUT2D eigenvalue weighted by atomic mass is 15.2. The molecule has 2 atom stereocenters. The molecule has 0 saturated heterocycles. The first-order valence-electron chi connectivity index (χ1n) is 6.77. The van der Waals surface area contributed by atoms with E-state index in [9.17, 15) is 0 Å². The third-order valence-corrected chi connectivity index (χ3v) is 4.37. The summed E-state index contributed by atoms with van der Waals surface area (Å²) in [5.41, 5.74) is 5.52. The fraction of sp³-hybridized carbons (Fsp3) is 0.600. The van der Waals surface area contributed by atoms with E-state index in [1.165, 1.54) is 48.2 Å². The Morgan fingerprint density at radius 2 is 1.94 bits per heavy atom. The van der Waals surface area contributed by atoms with Gasteiger partial charge in [0.25, 0.3) is 0 Å². The zero-order chi connectivity index (χ0) is 12.0. The molecule has 17 heavy (non-hydrogen) atoms. The Balaban J connectivity index is 2.05. The van der Waals surface area contributed by atoms with Gasteiger partial charge in [-0.1, -0.05) is 18.9 Å². The zero-order valence-electron chi connectivity index (χ0n) is 11.1. The molecule has 2 heteroatoms. The first-order valence-corrected chi connectivity index (χ1v) is 6.77. The number of hydrogen-bond acceptors (Lipinski definition) is 2. The van der Waals surface area contributed by atoms with Crippen LogP contribution in [0.25, 0.3) is 0 Å². The predicted octanol–water partition coefficient (Wildman–Crippen LogP) is 3.48. The van der Waals surface area contributed by atoms with Crippen molar-refractivity contribution in [3.63, 3.8) is 0 Å². The largest absolute Gasteiger partial charge is 0.379 e.